The van der Waals surface area contributed by atoms with Crippen LogP contribution >= 0.6 is 0 Å². The molecule has 0 aromatic heterocycles. The zero-order valence-electron chi connectivity index (χ0n) is 12.2. The molecule has 2 heteroatoms. The van der Waals surface area contributed by atoms with Crippen LogP contribution < -0.4 is 5.32 Å². The second kappa shape index (κ2) is 7.06. The quantitative estimate of drug-likeness (QED) is 0.852. The van der Waals surface area contributed by atoms with Crippen molar-refractivity contribution in [2.24, 2.45) is 5.92 Å². The Bertz CT molecular complexity index is 365. The predicted octanol–water partition coefficient (Wildman–Crippen LogP) is 3.28. The van der Waals surface area contributed by atoms with Crippen LogP contribution in [0, 0.1) is 5.92 Å². The minimum Gasteiger partial charge on any atom is -0.396 e. The normalized spacial score (nSPS) is 18.7. The van der Waals surface area contributed by atoms with Crippen molar-refractivity contribution in [3.05, 3.63) is 35.4 Å². The van der Waals surface area contributed by atoms with Crippen molar-refractivity contribution in [1.82, 2.24) is 5.32 Å². The summed E-state index contributed by atoms with van der Waals surface area (Å²) in [7, 11) is 0. The van der Waals surface area contributed by atoms with Gasteiger partial charge in [0, 0.05) is 6.61 Å². The predicted molar refractivity (Wildman–Crippen MR) is 80.6 cm³/mol. The van der Waals surface area contributed by atoms with E-state index in [1.165, 1.54) is 24.0 Å². The molecule has 2 nitrogen and oxygen atoms in total. The first-order valence-electron chi connectivity index (χ1n) is 7.63. The van der Waals surface area contributed by atoms with Gasteiger partial charge in [0.2, 0.25) is 0 Å². The Morgan fingerprint density at radius 3 is 2.21 bits per heavy atom. The van der Waals surface area contributed by atoms with Crippen LogP contribution in [0.2, 0.25) is 0 Å². The average molecular weight is 261 g/mol. The van der Waals surface area contributed by atoms with Crippen molar-refractivity contribution in [3.63, 3.8) is 0 Å². The van der Waals surface area contributed by atoms with E-state index in [2.05, 4.69) is 43.4 Å². The van der Waals surface area contributed by atoms with Gasteiger partial charge in [-0.1, -0.05) is 38.1 Å². The first-order valence-corrected chi connectivity index (χ1v) is 7.63. The molecule has 1 aliphatic heterocycles. The van der Waals surface area contributed by atoms with E-state index in [9.17, 15) is 5.11 Å². The van der Waals surface area contributed by atoms with Crippen LogP contribution in [-0.2, 0) is 0 Å². The van der Waals surface area contributed by atoms with Crippen molar-refractivity contribution in [3.8, 4) is 0 Å². The summed E-state index contributed by atoms with van der Waals surface area (Å²) in [6.45, 7) is 6.99. The summed E-state index contributed by atoms with van der Waals surface area (Å²) < 4.78 is 0. The molecule has 106 valence electrons. The summed E-state index contributed by atoms with van der Waals surface area (Å²) in [6, 6.07) is 9.06. The molecule has 1 aliphatic rings. The highest BCUT2D eigenvalue weighted by atomic mass is 16.3. The van der Waals surface area contributed by atoms with Crippen LogP contribution in [0.4, 0.5) is 0 Å². The monoisotopic (exact) mass is 261 g/mol. The molecule has 2 rings (SSSR count). The summed E-state index contributed by atoms with van der Waals surface area (Å²) in [5.41, 5.74) is 2.81. The van der Waals surface area contributed by atoms with Gasteiger partial charge in [0.1, 0.15) is 0 Å². The maximum Gasteiger partial charge on any atom is 0.0436 e. The van der Waals surface area contributed by atoms with Crippen LogP contribution in [0.3, 0.4) is 0 Å². The van der Waals surface area contributed by atoms with Crippen molar-refractivity contribution >= 4 is 0 Å². The number of nitrogens with one attached hydrogen (secondary N) is 1. The second-order valence-corrected chi connectivity index (χ2v) is 6.03. The number of aliphatic hydroxyl groups excluding tert-OH is 1. The fraction of sp³-hybridized carbons (Fsp3) is 0.647. The minimum atomic E-state index is 0.292. The fourth-order valence-electron chi connectivity index (χ4n) is 3.19. The Morgan fingerprint density at radius 2 is 1.68 bits per heavy atom. The van der Waals surface area contributed by atoms with Gasteiger partial charge in [0.05, 0.1) is 0 Å². The van der Waals surface area contributed by atoms with Crippen molar-refractivity contribution in [2.75, 3.05) is 19.7 Å². The van der Waals surface area contributed by atoms with Gasteiger partial charge in [0.15, 0.2) is 0 Å². The molecule has 19 heavy (non-hydrogen) atoms. The molecule has 1 saturated heterocycles. The smallest absolute Gasteiger partial charge is 0.0436 e. The van der Waals surface area contributed by atoms with Crippen LogP contribution in [-0.4, -0.2) is 24.8 Å². The van der Waals surface area contributed by atoms with E-state index in [4.69, 9.17) is 0 Å². The van der Waals surface area contributed by atoms with Crippen molar-refractivity contribution < 1.29 is 5.11 Å². The van der Waals surface area contributed by atoms with Gasteiger partial charge in [-0.15, -0.1) is 0 Å². The topological polar surface area (TPSA) is 32.3 Å². The number of hydrogen-bond donors (Lipinski definition) is 2. The molecule has 0 bridgehead atoms. The number of aliphatic hydroxyl groups is 1. The van der Waals surface area contributed by atoms with Crippen molar-refractivity contribution in [1.29, 1.82) is 0 Å². The summed E-state index contributed by atoms with van der Waals surface area (Å²) in [4.78, 5) is 0. The molecule has 1 aromatic rings. The molecule has 1 atom stereocenters. The Morgan fingerprint density at radius 1 is 1.11 bits per heavy atom. The third-order valence-corrected chi connectivity index (χ3v) is 4.42. The molecule has 0 amide bonds. The molecule has 0 saturated carbocycles. The second-order valence-electron chi connectivity index (χ2n) is 6.03. The van der Waals surface area contributed by atoms with Gasteiger partial charge in [-0.3, -0.25) is 0 Å². The lowest BCUT2D eigenvalue weighted by Gasteiger charge is -2.31. The third kappa shape index (κ3) is 3.80. The van der Waals surface area contributed by atoms with E-state index in [0.29, 0.717) is 18.4 Å². The lowest BCUT2D eigenvalue weighted by atomic mass is 9.78. The summed E-state index contributed by atoms with van der Waals surface area (Å²) >= 11 is 0. The standard InChI is InChI=1S/C17H27NO/c1-13(2)14-3-5-15(6-4-14)17(9-12-19)16-7-10-18-11-8-16/h3-6,13,16-19H,7-12H2,1-2H3. The van der Waals surface area contributed by atoms with Gasteiger partial charge in [-0.05, 0) is 61.2 Å². The highest BCUT2D eigenvalue weighted by Gasteiger charge is 2.24. The van der Waals surface area contributed by atoms with Gasteiger partial charge in [0.25, 0.3) is 0 Å². The van der Waals surface area contributed by atoms with E-state index in [1.54, 1.807) is 0 Å². The summed E-state index contributed by atoms with van der Waals surface area (Å²) in [6.07, 6.45) is 3.36. The van der Waals surface area contributed by atoms with Crippen LogP contribution in [0.1, 0.15) is 56.1 Å². The lowest BCUT2D eigenvalue weighted by Crippen LogP contribution is -2.31. The molecular formula is C17H27NO. The van der Waals surface area contributed by atoms with Crippen molar-refractivity contribution in [2.45, 2.75) is 44.9 Å². The lowest BCUT2D eigenvalue weighted by molar-refractivity contribution is 0.233. The van der Waals surface area contributed by atoms with E-state index in [0.717, 1.165) is 25.4 Å². The van der Waals surface area contributed by atoms with E-state index >= 15 is 0 Å². The number of hydrogen-bond acceptors (Lipinski definition) is 2. The van der Waals surface area contributed by atoms with E-state index in [1.807, 2.05) is 0 Å². The van der Waals surface area contributed by atoms with E-state index in [-0.39, 0.29) is 0 Å². The van der Waals surface area contributed by atoms with Gasteiger partial charge in [-0.2, -0.15) is 0 Å². The molecular weight excluding hydrogens is 234 g/mol. The third-order valence-electron chi connectivity index (χ3n) is 4.42. The maximum atomic E-state index is 9.36. The minimum absolute atomic E-state index is 0.292. The largest absolute Gasteiger partial charge is 0.396 e. The zero-order valence-corrected chi connectivity index (χ0v) is 12.2. The Hall–Kier alpha value is -0.860. The summed E-state index contributed by atoms with van der Waals surface area (Å²) in [5, 5.41) is 12.8. The zero-order chi connectivity index (χ0) is 13.7. The highest BCUT2D eigenvalue weighted by molar-refractivity contribution is 5.27. The Balaban J connectivity index is 2.13. The Labute approximate surface area is 117 Å². The Kier molecular flexibility index (Phi) is 5.41. The van der Waals surface area contributed by atoms with Gasteiger partial charge < -0.3 is 10.4 Å². The van der Waals surface area contributed by atoms with Gasteiger partial charge >= 0.3 is 0 Å². The average Bonchev–Trinajstić information content (AvgIpc) is 2.46. The molecule has 0 radical (unpaired) electrons. The molecule has 2 N–H and O–H groups in total. The molecule has 0 spiro atoms. The fourth-order valence-corrected chi connectivity index (χ4v) is 3.19. The maximum absolute atomic E-state index is 9.36. The molecule has 1 unspecified atom stereocenters. The first-order chi connectivity index (χ1) is 9.22. The molecule has 1 aromatic carbocycles. The number of rotatable bonds is 5. The van der Waals surface area contributed by atoms with Crippen LogP contribution in [0.25, 0.3) is 0 Å². The SMILES string of the molecule is CC(C)c1ccc(C(CCO)C2CCNCC2)cc1. The van der Waals surface area contributed by atoms with Crippen LogP contribution in [0.5, 0.6) is 0 Å². The number of benzene rings is 1. The molecule has 1 heterocycles. The van der Waals surface area contributed by atoms with E-state index < -0.39 is 0 Å². The van der Waals surface area contributed by atoms with Crippen LogP contribution in [0.15, 0.2) is 24.3 Å². The highest BCUT2D eigenvalue weighted by Crippen LogP contribution is 2.34. The number of piperidine rings is 1. The first kappa shape index (κ1) is 14.5. The molecule has 0 aliphatic carbocycles. The molecule has 1 fully saturated rings. The summed E-state index contributed by atoms with van der Waals surface area (Å²) in [5.74, 6) is 1.83. The van der Waals surface area contributed by atoms with Gasteiger partial charge in [-0.25, -0.2) is 0 Å².